The Hall–Kier alpha value is -1.14. The third-order valence-electron chi connectivity index (χ3n) is 2.64. The molecule has 2 aromatic rings. The maximum absolute atomic E-state index is 5.95. The minimum atomic E-state index is -0.137. The van der Waals surface area contributed by atoms with E-state index in [-0.39, 0.29) is 6.10 Å². The van der Waals surface area contributed by atoms with Crippen molar-refractivity contribution < 1.29 is 9.26 Å². The third-order valence-corrected chi connectivity index (χ3v) is 3.38. The number of benzene rings is 1. The standard InChI is InChI=1S/C12H13Cl2N3O2/c1-18-8(6-15)5-11-16-12(17-19-11)7-2-3-9(13)10(14)4-7/h2-4,8H,5-6,15H2,1H3. The minimum Gasteiger partial charge on any atom is -0.380 e. The number of halogens is 2. The van der Waals surface area contributed by atoms with E-state index in [1.807, 2.05) is 0 Å². The highest BCUT2D eigenvalue weighted by Crippen LogP contribution is 2.27. The molecular weight excluding hydrogens is 289 g/mol. The molecule has 1 aromatic carbocycles. The maximum Gasteiger partial charge on any atom is 0.229 e. The summed E-state index contributed by atoms with van der Waals surface area (Å²) in [6, 6.07) is 5.15. The van der Waals surface area contributed by atoms with Gasteiger partial charge in [0.2, 0.25) is 11.7 Å². The summed E-state index contributed by atoms with van der Waals surface area (Å²) in [4.78, 5) is 4.27. The van der Waals surface area contributed by atoms with E-state index in [0.29, 0.717) is 34.7 Å². The molecule has 2 rings (SSSR count). The third kappa shape index (κ3) is 3.45. The van der Waals surface area contributed by atoms with Crippen LogP contribution in [0.4, 0.5) is 0 Å². The lowest BCUT2D eigenvalue weighted by molar-refractivity contribution is 0.102. The van der Waals surface area contributed by atoms with E-state index in [9.17, 15) is 0 Å². The summed E-state index contributed by atoms with van der Waals surface area (Å²) in [5.41, 5.74) is 6.28. The molecule has 0 fully saturated rings. The maximum atomic E-state index is 5.95. The van der Waals surface area contributed by atoms with E-state index in [2.05, 4.69) is 10.1 Å². The molecule has 1 atom stereocenters. The Labute approximate surface area is 120 Å². The molecule has 1 unspecified atom stereocenters. The molecule has 0 aliphatic heterocycles. The van der Waals surface area contributed by atoms with E-state index in [4.69, 9.17) is 38.2 Å². The summed E-state index contributed by atoms with van der Waals surface area (Å²) in [5.74, 6) is 0.929. The zero-order chi connectivity index (χ0) is 13.8. The molecule has 0 aliphatic carbocycles. The van der Waals surface area contributed by atoms with Crippen molar-refractivity contribution in [3.8, 4) is 11.4 Å². The van der Waals surface area contributed by atoms with Gasteiger partial charge < -0.3 is 15.0 Å². The summed E-state index contributed by atoms with van der Waals surface area (Å²) in [7, 11) is 1.59. The van der Waals surface area contributed by atoms with Gasteiger partial charge in [0.1, 0.15) is 0 Å². The van der Waals surface area contributed by atoms with Gasteiger partial charge in [0.15, 0.2) is 0 Å². The number of nitrogens with two attached hydrogens (primary N) is 1. The number of aromatic nitrogens is 2. The number of ether oxygens (including phenoxy) is 1. The van der Waals surface area contributed by atoms with Crippen molar-refractivity contribution in [3.63, 3.8) is 0 Å². The summed E-state index contributed by atoms with van der Waals surface area (Å²) in [6.07, 6.45) is 0.337. The van der Waals surface area contributed by atoms with Crippen LogP contribution in [0.25, 0.3) is 11.4 Å². The zero-order valence-electron chi connectivity index (χ0n) is 10.3. The fourth-order valence-electron chi connectivity index (χ4n) is 1.55. The van der Waals surface area contributed by atoms with E-state index in [1.54, 1.807) is 25.3 Å². The van der Waals surface area contributed by atoms with Crippen molar-refractivity contribution in [2.75, 3.05) is 13.7 Å². The lowest BCUT2D eigenvalue weighted by Crippen LogP contribution is -2.24. The van der Waals surface area contributed by atoms with Crippen LogP contribution in [-0.4, -0.2) is 29.9 Å². The van der Waals surface area contributed by atoms with Gasteiger partial charge in [-0.1, -0.05) is 28.4 Å². The molecule has 5 nitrogen and oxygen atoms in total. The largest absolute Gasteiger partial charge is 0.380 e. The monoisotopic (exact) mass is 301 g/mol. The van der Waals surface area contributed by atoms with Crippen molar-refractivity contribution in [2.24, 2.45) is 5.73 Å². The smallest absolute Gasteiger partial charge is 0.229 e. The average Bonchev–Trinajstić information content (AvgIpc) is 2.87. The van der Waals surface area contributed by atoms with Crippen LogP contribution in [0.15, 0.2) is 22.7 Å². The Balaban J connectivity index is 2.18. The molecule has 0 aliphatic rings. The Kier molecular flexibility index (Phi) is 4.76. The van der Waals surface area contributed by atoms with Gasteiger partial charge >= 0.3 is 0 Å². The summed E-state index contributed by atoms with van der Waals surface area (Å²) in [5, 5.41) is 4.82. The Bertz CT molecular complexity index is 556. The quantitative estimate of drug-likeness (QED) is 0.918. The highest BCUT2D eigenvalue weighted by Gasteiger charge is 2.14. The number of nitrogens with zero attached hydrogens (tertiary/aromatic N) is 2. The van der Waals surface area contributed by atoms with Gasteiger partial charge in [-0.2, -0.15) is 4.98 Å². The first-order valence-corrected chi connectivity index (χ1v) is 6.40. The second-order valence-corrected chi connectivity index (χ2v) is 4.75. The zero-order valence-corrected chi connectivity index (χ0v) is 11.8. The molecule has 0 saturated heterocycles. The van der Waals surface area contributed by atoms with Crippen molar-refractivity contribution in [1.82, 2.24) is 10.1 Å². The van der Waals surface area contributed by atoms with E-state index in [1.165, 1.54) is 0 Å². The number of methoxy groups -OCH3 is 1. The molecule has 2 N–H and O–H groups in total. The molecule has 102 valence electrons. The molecule has 0 bridgehead atoms. The van der Waals surface area contributed by atoms with Crippen LogP contribution in [0, 0.1) is 0 Å². The first-order chi connectivity index (χ1) is 9.13. The second-order valence-electron chi connectivity index (χ2n) is 3.94. The SMILES string of the molecule is COC(CN)Cc1nc(-c2ccc(Cl)c(Cl)c2)no1. The molecule has 0 radical (unpaired) electrons. The highest BCUT2D eigenvalue weighted by molar-refractivity contribution is 6.42. The number of hydrogen-bond acceptors (Lipinski definition) is 5. The van der Waals surface area contributed by atoms with Crippen LogP contribution in [-0.2, 0) is 11.2 Å². The molecule has 0 amide bonds. The molecule has 1 heterocycles. The topological polar surface area (TPSA) is 74.2 Å². The normalized spacial score (nSPS) is 12.6. The van der Waals surface area contributed by atoms with Crippen molar-refractivity contribution in [2.45, 2.75) is 12.5 Å². The van der Waals surface area contributed by atoms with Crippen molar-refractivity contribution in [3.05, 3.63) is 34.1 Å². The first kappa shape index (κ1) is 14.3. The second kappa shape index (κ2) is 6.34. The van der Waals surface area contributed by atoms with Crippen LogP contribution >= 0.6 is 23.2 Å². The predicted octanol–water partition coefficient (Wildman–Crippen LogP) is 2.56. The fourth-order valence-corrected chi connectivity index (χ4v) is 1.85. The van der Waals surface area contributed by atoms with Gasteiger partial charge in [0, 0.05) is 19.2 Å². The van der Waals surface area contributed by atoms with Crippen molar-refractivity contribution in [1.29, 1.82) is 0 Å². The Morgan fingerprint density at radius 3 is 2.79 bits per heavy atom. The predicted molar refractivity (Wildman–Crippen MR) is 73.3 cm³/mol. The van der Waals surface area contributed by atoms with Crippen LogP contribution in [0.1, 0.15) is 5.89 Å². The Morgan fingerprint density at radius 2 is 2.16 bits per heavy atom. The first-order valence-electron chi connectivity index (χ1n) is 5.65. The van der Waals surface area contributed by atoms with E-state index >= 15 is 0 Å². The van der Waals surface area contributed by atoms with E-state index < -0.39 is 0 Å². The van der Waals surface area contributed by atoms with Gasteiger partial charge in [-0.05, 0) is 18.2 Å². The van der Waals surface area contributed by atoms with Crippen LogP contribution < -0.4 is 5.73 Å². The van der Waals surface area contributed by atoms with E-state index in [0.717, 1.165) is 5.56 Å². The lowest BCUT2D eigenvalue weighted by Gasteiger charge is -2.08. The van der Waals surface area contributed by atoms with Crippen molar-refractivity contribution >= 4 is 23.2 Å². The lowest BCUT2D eigenvalue weighted by atomic mass is 10.2. The minimum absolute atomic E-state index is 0.137. The molecular formula is C12H13Cl2N3O2. The van der Waals surface area contributed by atoms with Crippen LogP contribution in [0.5, 0.6) is 0 Å². The molecule has 1 aromatic heterocycles. The van der Waals surface area contributed by atoms with Gasteiger partial charge in [-0.25, -0.2) is 0 Å². The highest BCUT2D eigenvalue weighted by atomic mass is 35.5. The van der Waals surface area contributed by atoms with Crippen LogP contribution in [0.3, 0.4) is 0 Å². The summed E-state index contributed by atoms with van der Waals surface area (Å²) in [6.45, 7) is 0.390. The summed E-state index contributed by atoms with van der Waals surface area (Å²) >= 11 is 11.8. The Morgan fingerprint density at radius 1 is 1.37 bits per heavy atom. The van der Waals surface area contributed by atoms with Gasteiger partial charge in [0.25, 0.3) is 0 Å². The number of rotatable bonds is 5. The molecule has 0 spiro atoms. The van der Waals surface area contributed by atoms with Crippen LogP contribution in [0.2, 0.25) is 10.0 Å². The van der Waals surface area contributed by atoms with Gasteiger partial charge in [0.05, 0.1) is 22.6 Å². The molecule has 0 saturated carbocycles. The molecule has 19 heavy (non-hydrogen) atoms. The van der Waals surface area contributed by atoms with Gasteiger partial charge in [-0.3, -0.25) is 0 Å². The van der Waals surface area contributed by atoms with Gasteiger partial charge in [-0.15, -0.1) is 0 Å². The fraction of sp³-hybridized carbons (Fsp3) is 0.333. The molecule has 7 heteroatoms. The number of hydrogen-bond donors (Lipinski definition) is 1. The summed E-state index contributed by atoms with van der Waals surface area (Å²) < 4.78 is 10.3. The average molecular weight is 302 g/mol.